The zero-order chi connectivity index (χ0) is 13.0. The van der Waals surface area contributed by atoms with E-state index in [1.165, 1.54) is 6.42 Å². The van der Waals surface area contributed by atoms with E-state index in [0.717, 1.165) is 25.7 Å². The summed E-state index contributed by atoms with van der Waals surface area (Å²) in [4.78, 5) is 12.6. The lowest BCUT2D eigenvalue weighted by Crippen LogP contribution is -2.19. The normalized spacial score (nSPS) is 16.3. The highest BCUT2D eigenvalue weighted by Crippen LogP contribution is 2.34. The summed E-state index contributed by atoms with van der Waals surface area (Å²) in [5.41, 5.74) is 0.606. The van der Waals surface area contributed by atoms with Gasteiger partial charge in [-0.05, 0) is 25.0 Å². The Morgan fingerprint density at radius 1 is 1.06 bits per heavy atom. The van der Waals surface area contributed by atoms with Crippen molar-refractivity contribution in [1.82, 2.24) is 0 Å². The average Bonchev–Trinajstić information content (AvgIpc) is 2.46. The molecule has 3 heteroatoms. The molecule has 18 heavy (non-hydrogen) atoms. The lowest BCUT2D eigenvalue weighted by Gasteiger charge is -2.22. The van der Waals surface area contributed by atoms with Crippen molar-refractivity contribution in [3.63, 3.8) is 0 Å². The summed E-state index contributed by atoms with van der Waals surface area (Å²) in [6, 6.07) is 5.48. The van der Waals surface area contributed by atoms with Gasteiger partial charge in [0.2, 0.25) is 0 Å². The fourth-order valence-corrected chi connectivity index (χ4v) is 2.66. The van der Waals surface area contributed by atoms with Crippen LogP contribution < -0.4 is 9.47 Å². The smallest absolute Gasteiger partial charge is 0.173 e. The van der Waals surface area contributed by atoms with Crippen LogP contribution >= 0.6 is 0 Å². The van der Waals surface area contributed by atoms with Gasteiger partial charge in [0, 0.05) is 5.92 Å². The van der Waals surface area contributed by atoms with E-state index in [4.69, 9.17) is 9.47 Å². The topological polar surface area (TPSA) is 35.5 Å². The maximum Gasteiger partial charge on any atom is 0.173 e. The first kappa shape index (κ1) is 12.9. The minimum Gasteiger partial charge on any atom is -0.496 e. The minimum atomic E-state index is 0.129. The van der Waals surface area contributed by atoms with E-state index in [-0.39, 0.29) is 11.7 Å². The molecule has 0 amide bonds. The van der Waals surface area contributed by atoms with Crippen LogP contribution in [0.1, 0.15) is 42.5 Å². The van der Waals surface area contributed by atoms with Gasteiger partial charge in [-0.2, -0.15) is 0 Å². The summed E-state index contributed by atoms with van der Waals surface area (Å²) in [6.45, 7) is 0. The zero-order valence-electron chi connectivity index (χ0n) is 11.1. The fourth-order valence-electron chi connectivity index (χ4n) is 2.66. The highest BCUT2D eigenvalue weighted by atomic mass is 16.5. The summed E-state index contributed by atoms with van der Waals surface area (Å²) in [5, 5.41) is 0. The van der Waals surface area contributed by atoms with E-state index >= 15 is 0 Å². The third kappa shape index (κ3) is 2.50. The van der Waals surface area contributed by atoms with Crippen molar-refractivity contribution >= 4 is 5.78 Å². The molecule has 1 aliphatic rings. The number of carbonyl (C=O) groups excluding carboxylic acids is 1. The molecule has 0 atom stereocenters. The first-order chi connectivity index (χ1) is 8.77. The Labute approximate surface area is 108 Å². The lowest BCUT2D eigenvalue weighted by atomic mass is 9.83. The predicted molar refractivity (Wildman–Crippen MR) is 70.5 cm³/mol. The number of hydrogen-bond acceptors (Lipinski definition) is 3. The summed E-state index contributed by atoms with van der Waals surface area (Å²) in [6.07, 6.45) is 5.51. The van der Waals surface area contributed by atoms with E-state index in [2.05, 4.69) is 0 Å². The van der Waals surface area contributed by atoms with Gasteiger partial charge in [-0.15, -0.1) is 0 Å². The number of carbonyl (C=O) groups is 1. The third-order valence-electron chi connectivity index (χ3n) is 3.65. The molecule has 0 N–H and O–H groups in total. The molecule has 0 aromatic heterocycles. The van der Waals surface area contributed by atoms with Crippen molar-refractivity contribution in [2.75, 3.05) is 14.2 Å². The Bertz CT molecular complexity index is 397. The number of ketones is 1. The van der Waals surface area contributed by atoms with E-state index in [1.54, 1.807) is 14.2 Å². The van der Waals surface area contributed by atoms with Gasteiger partial charge in [-0.3, -0.25) is 4.79 Å². The fraction of sp³-hybridized carbons (Fsp3) is 0.533. The molecule has 0 heterocycles. The quantitative estimate of drug-likeness (QED) is 0.765. The summed E-state index contributed by atoms with van der Waals surface area (Å²) in [7, 11) is 3.18. The molecule has 0 saturated heterocycles. The second kappa shape index (κ2) is 5.89. The number of benzene rings is 1. The molecule has 98 valence electrons. The number of methoxy groups -OCH3 is 2. The monoisotopic (exact) mass is 248 g/mol. The molecule has 0 unspecified atom stereocenters. The molecular formula is C15H20O3. The predicted octanol–water partition coefficient (Wildman–Crippen LogP) is 3.47. The second-order valence-corrected chi connectivity index (χ2v) is 4.74. The lowest BCUT2D eigenvalue weighted by molar-refractivity contribution is 0.0883. The van der Waals surface area contributed by atoms with Crippen molar-refractivity contribution < 1.29 is 14.3 Å². The van der Waals surface area contributed by atoms with Crippen LogP contribution in [-0.2, 0) is 0 Å². The summed E-state index contributed by atoms with van der Waals surface area (Å²) >= 11 is 0. The zero-order valence-corrected chi connectivity index (χ0v) is 11.1. The largest absolute Gasteiger partial charge is 0.496 e. The van der Waals surface area contributed by atoms with Crippen LogP contribution in [0.25, 0.3) is 0 Å². The maximum atomic E-state index is 12.6. The van der Waals surface area contributed by atoms with Gasteiger partial charge in [0.05, 0.1) is 14.2 Å². The maximum absolute atomic E-state index is 12.6. The van der Waals surface area contributed by atoms with Crippen LogP contribution in [0.5, 0.6) is 11.5 Å². The van der Waals surface area contributed by atoms with Crippen LogP contribution in [0.2, 0.25) is 0 Å². The van der Waals surface area contributed by atoms with Gasteiger partial charge in [0.25, 0.3) is 0 Å². The molecule has 1 saturated carbocycles. The summed E-state index contributed by atoms with van der Waals surface area (Å²) in [5.74, 6) is 1.53. The molecular weight excluding hydrogens is 228 g/mol. The Kier molecular flexibility index (Phi) is 4.24. The molecule has 0 radical (unpaired) electrons. The molecule has 3 nitrogen and oxygen atoms in total. The number of rotatable bonds is 4. The average molecular weight is 248 g/mol. The van der Waals surface area contributed by atoms with E-state index in [0.29, 0.717) is 17.1 Å². The molecule has 1 aliphatic carbocycles. The van der Waals surface area contributed by atoms with Gasteiger partial charge in [0.1, 0.15) is 17.1 Å². The van der Waals surface area contributed by atoms with Gasteiger partial charge in [-0.1, -0.05) is 25.3 Å². The Morgan fingerprint density at radius 3 is 2.11 bits per heavy atom. The van der Waals surface area contributed by atoms with Gasteiger partial charge in [-0.25, -0.2) is 0 Å². The second-order valence-electron chi connectivity index (χ2n) is 4.74. The van der Waals surface area contributed by atoms with Gasteiger partial charge in [0.15, 0.2) is 5.78 Å². The first-order valence-corrected chi connectivity index (χ1v) is 6.53. The van der Waals surface area contributed by atoms with Crippen molar-refractivity contribution in [2.45, 2.75) is 32.1 Å². The van der Waals surface area contributed by atoms with Crippen LogP contribution in [0, 0.1) is 5.92 Å². The van der Waals surface area contributed by atoms with Crippen LogP contribution in [0.4, 0.5) is 0 Å². The Hall–Kier alpha value is -1.51. The van der Waals surface area contributed by atoms with Crippen LogP contribution in [0.15, 0.2) is 18.2 Å². The van der Waals surface area contributed by atoms with E-state index in [1.807, 2.05) is 18.2 Å². The molecule has 0 spiro atoms. The molecule has 2 rings (SSSR count). The van der Waals surface area contributed by atoms with E-state index in [9.17, 15) is 4.79 Å². The number of hydrogen-bond donors (Lipinski definition) is 0. The molecule has 0 bridgehead atoms. The standard InChI is InChI=1S/C15H20O3/c1-17-12-9-6-10-13(18-2)14(12)15(16)11-7-4-3-5-8-11/h6,9-11H,3-5,7-8H2,1-2H3. The molecule has 1 fully saturated rings. The minimum absolute atomic E-state index is 0.129. The van der Waals surface area contributed by atoms with Crippen molar-refractivity contribution in [1.29, 1.82) is 0 Å². The van der Waals surface area contributed by atoms with Crippen molar-refractivity contribution in [3.05, 3.63) is 23.8 Å². The van der Waals surface area contributed by atoms with Crippen molar-refractivity contribution in [3.8, 4) is 11.5 Å². The van der Waals surface area contributed by atoms with E-state index < -0.39 is 0 Å². The molecule has 0 aliphatic heterocycles. The third-order valence-corrected chi connectivity index (χ3v) is 3.65. The molecule has 1 aromatic rings. The number of Topliss-reactive ketones (excluding diaryl/α,β-unsaturated/α-hetero) is 1. The highest BCUT2D eigenvalue weighted by molar-refractivity contribution is 6.02. The number of ether oxygens (including phenoxy) is 2. The van der Waals surface area contributed by atoms with Gasteiger partial charge < -0.3 is 9.47 Å². The highest BCUT2D eigenvalue weighted by Gasteiger charge is 2.27. The summed E-state index contributed by atoms with van der Waals surface area (Å²) < 4.78 is 10.6. The Balaban J connectivity index is 2.32. The van der Waals surface area contributed by atoms with Crippen LogP contribution in [0.3, 0.4) is 0 Å². The Morgan fingerprint density at radius 2 is 1.61 bits per heavy atom. The molecule has 1 aromatic carbocycles. The van der Waals surface area contributed by atoms with Crippen molar-refractivity contribution in [2.24, 2.45) is 5.92 Å². The SMILES string of the molecule is COc1cccc(OC)c1C(=O)C1CCCCC1. The van der Waals surface area contributed by atoms with Gasteiger partial charge >= 0.3 is 0 Å². The van der Waals surface area contributed by atoms with Crippen LogP contribution in [-0.4, -0.2) is 20.0 Å². The first-order valence-electron chi connectivity index (χ1n) is 6.53.